The molecule has 0 radical (unpaired) electrons. The minimum Gasteiger partial charge on any atom is -0.467 e. The summed E-state index contributed by atoms with van der Waals surface area (Å²) >= 11 is 0. The summed E-state index contributed by atoms with van der Waals surface area (Å²) in [6, 6.07) is 1.81. The maximum atomic E-state index is 13.0. The van der Waals surface area contributed by atoms with Gasteiger partial charge in [0.15, 0.2) is 0 Å². The summed E-state index contributed by atoms with van der Waals surface area (Å²) < 4.78 is 73.7. The second kappa shape index (κ2) is 7.86. The molecule has 1 aromatic carbocycles. The van der Waals surface area contributed by atoms with Crippen LogP contribution in [0.2, 0.25) is 0 Å². The van der Waals surface area contributed by atoms with Crippen molar-refractivity contribution < 1.29 is 40.7 Å². The third-order valence-electron chi connectivity index (χ3n) is 3.23. The largest absolute Gasteiger partial charge is 0.467 e. The number of halogens is 3. The second-order valence-electron chi connectivity index (χ2n) is 5.04. The van der Waals surface area contributed by atoms with Crippen LogP contribution < -0.4 is 14.8 Å². The van der Waals surface area contributed by atoms with Gasteiger partial charge in [-0.3, -0.25) is 0 Å². The number of amides is 2. The summed E-state index contributed by atoms with van der Waals surface area (Å²) in [6.45, 7) is 0. The number of rotatable bonds is 5. The van der Waals surface area contributed by atoms with Crippen LogP contribution in [0.1, 0.15) is 16.2 Å². The van der Waals surface area contributed by atoms with Gasteiger partial charge in [-0.2, -0.15) is 28.1 Å². The summed E-state index contributed by atoms with van der Waals surface area (Å²) in [5, 5.41) is 0. The first-order valence-corrected chi connectivity index (χ1v) is 8.76. The first kappa shape index (κ1) is 21.8. The predicted molar refractivity (Wildman–Crippen MR) is 88.4 cm³/mol. The van der Waals surface area contributed by atoms with E-state index in [4.69, 9.17) is 5.73 Å². The van der Waals surface area contributed by atoms with E-state index in [1.807, 2.05) is 0 Å². The molecule has 0 saturated carbocycles. The number of alkyl halides is 3. The number of benzene rings is 1. The number of ether oxygens (including phenoxy) is 2. The quantitative estimate of drug-likeness (QED) is 0.676. The molecule has 0 aliphatic heterocycles. The fourth-order valence-electron chi connectivity index (χ4n) is 2.05. The molecule has 0 bridgehead atoms. The van der Waals surface area contributed by atoms with Crippen LogP contribution in [0.3, 0.4) is 0 Å². The lowest BCUT2D eigenvalue weighted by Gasteiger charge is -2.20. The van der Waals surface area contributed by atoms with E-state index in [1.54, 1.807) is 0 Å². The Kier molecular flexibility index (Phi) is 5.91. The first-order valence-electron chi connectivity index (χ1n) is 7.32. The standard InChI is InChI=1S/C14H12F3N5O6S/c1-27-9(23)7-5-3-4-6-8(7)29(25,26)22(11(18)24)12-19-10(14(15,16)17)20-13(21-12)28-2/h3-6H,1-2H3,(H2,18,24). The molecule has 1 aromatic heterocycles. The van der Waals surface area contributed by atoms with Crippen LogP contribution in [0.5, 0.6) is 6.01 Å². The molecular weight excluding hydrogens is 423 g/mol. The zero-order valence-electron chi connectivity index (χ0n) is 14.7. The van der Waals surface area contributed by atoms with E-state index in [0.29, 0.717) is 0 Å². The molecule has 0 unspecified atom stereocenters. The molecule has 2 rings (SSSR count). The first-order chi connectivity index (χ1) is 13.4. The number of sulfonamides is 1. The summed E-state index contributed by atoms with van der Waals surface area (Å²) in [6.07, 6.45) is -5.12. The van der Waals surface area contributed by atoms with Crippen LogP contribution in [0, 0.1) is 0 Å². The van der Waals surface area contributed by atoms with E-state index in [-0.39, 0.29) is 4.31 Å². The van der Waals surface area contributed by atoms with E-state index in [9.17, 15) is 31.2 Å². The number of nitrogens with zero attached hydrogens (tertiary/aromatic N) is 4. The summed E-state index contributed by atoms with van der Waals surface area (Å²) in [5.74, 6) is -4.20. The molecule has 15 heteroatoms. The molecule has 0 fully saturated rings. The van der Waals surface area contributed by atoms with Crippen LogP contribution in [0.25, 0.3) is 0 Å². The lowest BCUT2D eigenvalue weighted by Crippen LogP contribution is -2.42. The monoisotopic (exact) mass is 435 g/mol. The fourth-order valence-corrected chi connectivity index (χ4v) is 3.46. The normalized spacial score (nSPS) is 11.6. The van der Waals surface area contributed by atoms with Crippen molar-refractivity contribution in [1.29, 1.82) is 0 Å². The number of carbonyl (C=O) groups excluding carboxylic acids is 2. The highest BCUT2D eigenvalue weighted by Crippen LogP contribution is 2.30. The van der Waals surface area contributed by atoms with Crippen molar-refractivity contribution in [3.8, 4) is 6.01 Å². The zero-order chi connectivity index (χ0) is 22.0. The van der Waals surface area contributed by atoms with Gasteiger partial charge in [0.05, 0.1) is 19.8 Å². The topological polar surface area (TPSA) is 155 Å². The van der Waals surface area contributed by atoms with E-state index in [2.05, 4.69) is 24.4 Å². The van der Waals surface area contributed by atoms with Gasteiger partial charge in [-0.15, -0.1) is 4.31 Å². The highest BCUT2D eigenvalue weighted by molar-refractivity contribution is 7.93. The smallest absolute Gasteiger partial charge is 0.451 e. The van der Waals surface area contributed by atoms with Crippen LogP contribution in [-0.2, 0) is 20.9 Å². The maximum Gasteiger partial charge on any atom is 0.451 e. The summed E-state index contributed by atoms with van der Waals surface area (Å²) in [4.78, 5) is 32.2. The van der Waals surface area contributed by atoms with Gasteiger partial charge in [0.1, 0.15) is 4.90 Å². The van der Waals surface area contributed by atoms with Crippen molar-refractivity contribution in [3.63, 3.8) is 0 Å². The molecule has 0 atom stereocenters. The number of nitrogens with two attached hydrogens (primary N) is 1. The molecule has 0 aliphatic rings. The SMILES string of the molecule is COC(=O)c1ccccc1S(=O)(=O)N(C(N)=O)c1nc(OC)nc(C(F)(F)F)n1. The second-order valence-corrected chi connectivity index (χ2v) is 6.79. The molecule has 11 nitrogen and oxygen atoms in total. The summed E-state index contributed by atoms with van der Waals surface area (Å²) in [7, 11) is -3.16. The molecular formula is C14H12F3N5O6S. The summed E-state index contributed by atoms with van der Waals surface area (Å²) in [5.41, 5.74) is 4.57. The van der Waals surface area contributed by atoms with Gasteiger partial charge in [0.2, 0.25) is 5.82 Å². The Bertz CT molecular complexity index is 1060. The van der Waals surface area contributed by atoms with Crippen LogP contribution in [0.15, 0.2) is 29.2 Å². The van der Waals surface area contributed by atoms with Crippen molar-refractivity contribution in [2.75, 3.05) is 18.5 Å². The average Bonchev–Trinajstić information content (AvgIpc) is 2.65. The number of carbonyl (C=O) groups is 2. The van der Waals surface area contributed by atoms with Gasteiger partial charge in [0.25, 0.3) is 16.0 Å². The molecule has 2 aromatic rings. The van der Waals surface area contributed by atoms with E-state index >= 15 is 0 Å². The maximum absolute atomic E-state index is 13.0. The zero-order valence-corrected chi connectivity index (χ0v) is 15.5. The number of anilines is 1. The Hall–Kier alpha value is -3.49. The lowest BCUT2D eigenvalue weighted by atomic mass is 10.2. The number of urea groups is 1. The van der Waals surface area contributed by atoms with Crippen LogP contribution in [-0.4, -0.2) is 49.6 Å². The van der Waals surface area contributed by atoms with Crippen LogP contribution in [0.4, 0.5) is 23.9 Å². The molecule has 2 amide bonds. The van der Waals surface area contributed by atoms with Gasteiger partial charge in [-0.25, -0.2) is 18.0 Å². The van der Waals surface area contributed by atoms with Crippen LogP contribution >= 0.6 is 0 Å². The average molecular weight is 435 g/mol. The number of hydrogen-bond acceptors (Lipinski definition) is 9. The minimum absolute atomic E-state index is 0.311. The lowest BCUT2D eigenvalue weighted by molar-refractivity contribution is -0.145. The molecule has 29 heavy (non-hydrogen) atoms. The molecule has 0 aliphatic carbocycles. The van der Waals surface area contributed by atoms with Gasteiger partial charge in [0, 0.05) is 0 Å². The number of hydrogen-bond donors (Lipinski definition) is 1. The fraction of sp³-hybridized carbons (Fsp3) is 0.214. The predicted octanol–water partition coefficient (Wildman–Crippen LogP) is 0.960. The Morgan fingerprint density at radius 3 is 2.24 bits per heavy atom. The van der Waals surface area contributed by atoms with Crippen molar-refractivity contribution >= 4 is 28.0 Å². The third-order valence-corrected chi connectivity index (χ3v) is 4.97. The molecule has 0 saturated heterocycles. The Morgan fingerprint density at radius 2 is 1.72 bits per heavy atom. The minimum atomic E-state index is -5.12. The Morgan fingerprint density at radius 1 is 1.10 bits per heavy atom. The van der Waals surface area contributed by atoms with Crippen molar-refractivity contribution in [3.05, 3.63) is 35.7 Å². The number of aromatic nitrogens is 3. The van der Waals surface area contributed by atoms with Gasteiger partial charge >= 0.3 is 24.2 Å². The number of esters is 1. The molecule has 1 heterocycles. The van der Waals surface area contributed by atoms with Gasteiger partial charge in [-0.05, 0) is 12.1 Å². The Labute approximate surface area is 161 Å². The molecule has 0 spiro atoms. The van der Waals surface area contributed by atoms with Crippen molar-refractivity contribution in [2.45, 2.75) is 11.1 Å². The number of methoxy groups -OCH3 is 2. The highest BCUT2D eigenvalue weighted by atomic mass is 32.2. The van der Waals surface area contributed by atoms with E-state index < -0.39 is 56.4 Å². The van der Waals surface area contributed by atoms with Gasteiger partial charge in [-0.1, -0.05) is 12.1 Å². The highest BCUT2D eigenvalue weighted by Gasteiger charge is 2.40. The van der Waals surface area contributed by atoms with E-state index in [0.717, 1.165) is 26.4 Å². The van der Waals surface area contributed by atoms with Gasteiger partial charge < -0.3 is 15.2 Å². The van der Waals surface area contributed by atoms with E-state index in [1.165, 1.54) is 12.1 Å². The third kappa shape index (κ3) is 4.34. The Balaban J connectivity index is 2.77. The van der Waals surface area contributed by atoms with Crippen molar-refractivity contribution in [2.24, 2.45) is 5.73 Å². The van der Waals surface area contributed by atoms with Crippen molar-refractivity contribution in [1.82, 2.24) is 15.0 Å². The number of primary amides is 1. The molecule has 156 valence electrons. The molecule has 2 N–H and O–H groups in total.